The van der Waals surface area contributed by atoms with Gasteiger partial charge in [-0.2, -0.15) is 5.10 Å². The zero-order valence-corrected chi connectivity index (χ0v) is 16.3. The first-order valence-electron chi connectivity index (χ1n) is 8.92. The van der Waals surface area contributed by atoms with Crippen LogP contribution in [0.1, 0.15) is 5.69 Å². The van der Waals surface area contributed by atoms with Crippen LogP contribution in [0.2, 0.25) is 5.02 Å². The van der Waals surface area contributed by atoms with E-state index in [4.69, 9.17) is 16.3 Å². The zero-order chi connectivity index (χ0) is 20.2. The Morgan fingerprint density at radius 3 is 2.07 bits per heavy atom. The van der Waals surface area contributed by atoms with Crippen LogP contribution >= 0.6 is 11.6 Å². The quantitative estimate of drug-likeness (QED) is 0.435. The molecule has 1 aromatic heterocycles. The Balaban J connectivity index is 1.44. The third kappa shape index (κ3) is 4.44. The molecule has 3 aromatic carbocycles. The first-order chi connectivity index (χ1) is 14.1. The lowest BCUT2D eigenvalue weighted by Crippen LogP contribution is -2.19. The molecule has 0 spiro atoms. The number of aryl methyl sites for hydroxylation is 1. The number of urea groups is 1. The minimum Gasteiger partial charge on any atom is -0.437 e. The third-order valence-corrected chi connectivity index (χ3v) is 4.52. The van der Waals surface area contributed by atoms with Crippen molar-refractivity contribution in [3.63, 3.8) is 0 Å². The number of anilines is 2. The number of benzene rings is 3. The average molecular weight is 405 g/mol. The molecule has 0 aliphatic heterocycles. The van der Waals surface area contributed by atoms with Crippen molar-refractivity contribution in [3.05, 3.63) is 83.5 Å². The molecule has 4 rings (SSSR count). The van der Waals surface area contributed by atoms with Gasteiger partial charge < -0.3 is 15.4 Å². The summed E-state index contributed by atoms with van der Waals surface area (Å²) in [5.41, 5.74) is 2.12. The van der Waals surface area contributed by atoms with Crippen LogP contribution in [-0.2, 0) is 0 Å². The molecule has 0 fully saturated rings. The number of carbonyl (C=O) groups is 1. The number of fused-ring (bicyclic) bond motifs is 1. The standard InChI is InChI=1S/C22H17ClN4O2/c1-14-19-4-2-3-5-20(19)21(27-26-14)29-18-12-10-17(11-13-18)25-22(28)24-16-8-6-15(23)7-9-16/h2-13H,1H3,(H2,24,25,28). The fourth-order valence-corrected chi connectivity index (χ4v) is 2.96. The number of halogens is 1. The largest absolute Gasteiger partial charge is 0.437 e. The summed E-state index contributed by atoms with van der Waals surface area (Å²) in [7, 11) is 0. The Morgan fingerprint density at radius 2 is 1.41 bits per heavy atom. The molecule has 0 aliphatic carbocycles. The lowest BCUT2D eigenvalue weighted by molar-refractivity contribution is 0.262. The van der Waals surface area contributed by atoms with Gasteiger partial charge in [-0.05, 0) is 61.5 Å². The molecule has 0 saturated carbocycles. The minimum absolute atomic E-state index is 0.351. The van der Waals surface area contributed by atoms with Gasteiger partial charge in [0.25, 0.3) is 0 Å². The van der Waals surface area contributed by atoms with Crippen molar-refractivity contribution < 1.29 is 9.53 Å². The van der Waals surface area contributed by atoms with Crippen molar-refractivity contribution in [2.24, 2.45) is 0 Å². The lowest BCUT2D eigenvalue weighted by atomic mass is 10.1. The van der Waals surface area contributed by atoms with Gasteiger partial charge in [0.2, 0.25) is 5.88 Å². The summed E-state index contributed by atoms with van der Waals surface area (Å²) in [6, 6.07) is 21.4. The second-order valence-electron chi connectivity index (χ2n) is 6.35. The summed E-state index contributed by atoms with van der Waals surface area (Å²) in [5.74, 6) is 1.03. The maximum atomic E-state index is 12.1. The van der Waals surface area contributed by atoms with Crippen molar-refractivity contribution in [3.8, 4) is 11.6 Å². The molecule has 0 atom stereocenters. The van der Waals surface area contributed by atoms with E-state index in [-0.39, 0.29) is 6.03 Å². The summed E-state index contributed by atoms with van der Waals surface area (Å²) in [4.78, 5) is 12.1. The van der Waals surface area contributed by atoms with E-state index in [1.54, 1.807) is 48.5 Å². The maximum Gasteiger partial charge on any atom is 0.323 e. The smallest absolute Gasteiger partial charge is 0.323 e. The highest BCUT2D eigenvalue weighted by Crippen LogP contribution is 2.29. The predicted molar refractivity (Wildman–Crippen MR) is 115 cm³/mol. The van der Waals surface area contributed by atoms with Crippen molar-refractivity contribution in [2.45, 2.75) is 6.92 Å². The SMILES string of the molecule is Cc1nnc(Oc2ccc(NC(=O)Nc3ccc(Cl)cc3)cc2)c2ccccc12. The Labute approximate surface area is 172 Å². The van der Waals surface area contributed by atoms with E-state index in [9.17, 15) is 4.79 Å². The van der Waals surface area contributed by atoms with Crippen LogP contribution in [0.25, 0.3) is 10.8 Å². The van der Waals surface area contributed by atoms with E-state index in [2.05, 4.69) is 20.8 Å². The van der Waals surface area contributed by atoms with E-state index in [1.165, 1.54) is 0 Å². The van der Waals surface area contributed by atoms with Crippen LogP contribution in [0.3, 0.4) is 0 Å². The topological polar surface area (TPSA) is 76.1 Å². The highest BCUT2D eigenvalue weighted by molar-refractivity contribution is 6.30. The number of ether oxygens (including phenoxy) is 1. The average Bonchev–Trinajstić information content (AvgIpc) is 2.73. The van der Waals surface area contributed by atoms with Crippen LogP contribution in [0, 0.1) is 6.92 Å². The first-order valence-corrected chi connectivity index (χ1v) is 9.30. The summed E-state index contributed by atoms with van der Waals surface area (Å²) in [6.45, 7) is 1.91. The predicted octanol–water partition coefficient (Wildman–Crippen LogP) is 6.03. The van der Waals surface area contributed by atoms with Gasteiger partial charge in [0.05, 0.1) is 5.69 Å². The molecule has 144 valence electrons. The van der Waals surface area contributed by atoms with E-state index in [0.29, 0.717) is 28.0 Å². The zero-order valence-electron chi connectivity index (χ0n) is 15.5. The number of nitrogens with one attached hydrogen (secondary N) is 2. The number of amides is 2. The van der Waals surface area contributed by atoms with Crippen molar-refractivity contribution in [2.75, 3.05) is 10.6 Å². The molecule has 7 heteroatoms. The van der Waals surface area contributed by atoms with Crippen LogP contribution in [0.4, 0.5) is 16.2 Å². The van der Waals surface area contributed by atoms with E-state index < -0.39 is 0 Å². The number of carbonyl (C=O) groups excluding carboxylic acids is 1. The number of nitrogens with zero attached hydrogens (tertiary/aromatic N) is 2. The second kappa shape index (κ2) is 8.16. The van der Waals surface area contributed by atoms with Crippen LogP contribution in [-0.4, -0.2) is 16.2 Å². The molecule has 0 radical (unpaired) electrons. The second-order valence-corrected chi connectivity index (χ2v) is 6.79. The lowest BCUT2D eigenvalue weighted by Gasteiger charge is -2.10. The summed E-state index contributed by atoms with van der Waals surface area (Å²) in [6.07, 6.45) is 0. The molecule has 0 saturated heterocycles. The van der Waals surface area contributed by atoms with Gasteiger partial charge in [0.15, 0.2) is 0 Å². The maximum absolute atomic E-state index is 12.1. The molecule has 2 N–H and O–H groups in total. The number of hydrogen-bond acceptors (Lipinski definition) is 4. The van der Waals surface area contributed by atoms with E-state index in [0.717, 1.165) is 16.5 Å². The van der Waals surface area contributed by atoms with Gasteiger partial charge in [-0.3, -0.25) is 0 Å². The number of rotatable bonds is 4. The van der Waals surface area contributed by atoms with Gasteiger partial charge >= 0.3 is 6.03 Å². The van der Waals surface area contributed by atoms with Gasteiger partial charge in [-0.25, -0.2) is 4.79 Å². The number of hydrogen-bond donors (Lipinski definition) is 2. The fourth-order valence-electron chi connectivity index (χ4n) is 2.83. The van der Waals surface area contributed by atoms with Crippen LogP contribution in [0.5, 0.6) is 11.6 Å². The molecule has 4 aromatic rings. The van der Waals surface area contributed by atoms with Gasteiger partial charge in [0.1, 0.15) is 5.75 Å². The molecular weight excluding hydrogens is 388 g/mol. The molecule has 29 heavy (non-hydrogen) atoms. The highest BCUT2D eigenvalue weighted by Gasteiger charge is 2.09. The number of aromatic nitrogens is 2. The van der Waals surface area contributed by atoms with Gasteiger partial charge in [-0.1, -0.05) is 29.8 Å². The highest BCUT2D eigenvalue weighted by atomic mass is 35.5. The Kier molecular flexibility index (Phi) is 5.27. The normalized spacial score (nSPS) is 10.6. The minimum atomic E-state index is -0.351. The third-order valence-electron chi connectivity index (χ3n) is 4.27. The molecule has 0 aliphatic rings. The summed E-state index contributed by atoms with van der Waals surface area (Å²) < 4.78 is 5.90. The van der Waals surface area contributed by atoms with Crippen molar-refractivity contribution in [1.29, 1.82) is 0 Å². The van der Waals surface area contributed by atoms with Crippen molar-refractivity contribution >= 4 is 39.8 Å². The first kappa shape index (κ1) is 18.7. The Bertz CT molecular complexity index is 1160. The molecule has 0 unspecified atom stereocenters. The Morgan fingerprint density at radius 1 is 0.828 bits per heavy atom. The summed E-state index contributed by atoms with van der Waals surface area (Å²) in [5, 5.41) is 16.3. The van der Waals surface area contributed by atoms with Gasteiger partial charge in [-0.15, -0.1) is 5.10 Å². The molecule has 6 nitrogen and oxygen atoms in total. The fraction of sp³-hybridized carbons (Fsp3) is 0.0455. The molecular formula is C22H17ClN4O2. The Hall–Kier alpha value is -3.64. The van der Waals surface area contributed by atoms with Crippen LogP contribution in [0.15, 0.2) is 72.8 Å². The molecule has 2 amide bonds. The van der Waals surface area contributed by atoms with Crippen LogP contribution < -0.4 is 15.4 Å². The summed E-state index contributed by atoms with van der Waals surface area (Å²) >= 11 is 5.84. The van der Waals surface area contributed by atoms with E-state index in [1.807, 2.05) is 31.2 Å². The monoisotopic (exact) mass is 404 g/mol. The molecule has 0 bridgehead atoms. The van der Waals surface area contributed by atoms with Gasteiger partial charge in [0, 0.05) is 27.2 Å². The molecule has 1 heterocycles. The van der Waals surface area contributed by atoms with E-state index >= 15 is 0 Å². The van der Waals surface area contributed by atoms with Crippen molar-refractivity contribution in [1.82, 2.24) is 10.2 Å².